The van der Waals surface area contributed by atoms with Gasteiger partial charge >= 0.3 is 0 Å². The van der Waals surface area contributed by atoms with Crippen LogP contribution in [0, 0.1) is 0 Å². The van der Waals surface area contributed by atoms with Crippen molar-refractivity contribution in [2.45, 2.75) is 19.3 Å². The second-order valence-electron chi connectivity index (χ2n) is 5.96. The molecule has 1 heterocycles. The zero-order valence-electron chi connectivity index (χ0n) is 13.7. The van der Waals surface area contributed by atoms with Crippen LogP contribution in [0.25, 0.3) is 0 Å². The summed E-state index contributed by atoms with van der Waals surface area (Å²) in [4.78, 5) is 14.5. The van der Waals surface area contributed by atoms with Crippen LogP contribution >= 0.6 is 23.2 Å². The van der Waals surface area contributed by atoms with Crippen LogP contribution in [0.2, 0.25) is 10.0 Å². The molecule has 6 heteroatoms. The highest BCUT2D eigenvalue weighted by Crippen LogP contribution is 2.21. The molecule has 0 atom stereocenters. The van der Waals surface area contributed by atoms with E-state index in [4.69, 9.17) is 23.2 Å². The quantitative estimate of drug-likeness (QED) is 0.618. The Labute approximate surface area is 157 Å². The van der Waals surface area contributed by atoms with E-state index in [-0.39, 0.29) is 5.91 Å². The third-order valence-corrected chi connectivity index (χ3v) is 4.72. The number of amides is 1. The van der Waals surface area contributed by atoms with Crippen molar-refractivity contribution in [2.24, 2.45) is 5.10 Å². The highest BCUT2D eigenvalue weighted by Gasteiger charge is 2.11. The third kappa shape index (κ3) is 4.74. The molecule has 1 aliphatic rings. The zero-order chi connectivity index (χ0) is 17.6. The summed E-state index contributed by atoms with van der Waals surface area (Å²) in [6, 6.07) is 12.9. The van der Waals surface area contributed by atoms with Gasteiger partial charge in [-0.1, -0.05) is 35.3 Å². The minimum atomic E-state index is -0.372. The number of anilines is 1. The summed E-state index contributed by atoms with van der Waals surface area (Å²) in [7, 11) is 0. The van der Waals surface area contributed by atoms with E-state index in [1.165, 1.54) is 31.0 Å². The SMILES string of the molecule is O=C(NN=Cc1ccc(N2CCCCC2)cc1)c1ccc(Cl)cc1Cl. The predicted octanol–water partition coefficient (Wildman–Crippen LogP) is 4.75. The van der Waals surface area contributed by atoms with Gasteiger partial charge in [-0.2, -0.15) is 5.10 Å². The Morgan fingerprint density at radius 2 is 1.76 bits per heavy atom. The first-order valence-corrected chi connectivity index (χ1v) is 9.02. The lowest BCUT2D eigenvalue weighted by atomic mass is 10.1. The van der Waals surface area contributed by atoms with E-state index in [1.54, 1.807) is 18.3 Å². The highest BCUT2D eigenvalue weighted by atomic mass is 35.5. The van der Waals surface area contributed by atoms with Gasteiger partial charge in [-0.05, 0) is 55.2 Å². The molecule has 0 bridgehead atoms. The van der Waals surface area contributed by atoms with Gasteiger partial charge in [-0.25, -0.2) is 5.43 Å². The summed E-state index contributed by atoms with van der Waals surface area (Å²) in [6.45, 7) is 2.23. The second-order valence-corrected chi connectivity index (χ2v) is 6.81. The number of halogens is 2. The molecule has 3 rings (SSSR count). The molecule has 1 aliphatic heterocycles. The molecule has 2 aromatic carbocycles. The molecule has 0 aliphatic carbocycles. The number of rotatable bonds is 4. The molecule has 0 spiro atoms. The second kappa shape index (κ2) is 8.37. The fourth-order valence-corrected chi connectivity index (χ4v) is 3.32. The molecule has 0 saturated carbocycles. The van der Waals surface area contributed by atoms with Crippen LogP contribution in [-0.4, -0.2) is 25.2 Å². The summed E-state index contributed by atoms with van der Waals surface area (Å²) in [6.07, 6.45) is 5.44. The van der Waals surface area contributed by atoms with E-state index >= 15 is 0 Å². The van der Waals surface area contributed by atoms with E-state index < -0.39 is 0 Å². The van der Waals surface area contributed by atoms with Crippen molar-refractivity contribution in [3.8, 4) is 0 Å². The molecular weight excluding hydrogens is 357 g/mol. The third-order valence-electron chi connectivity index (χ3n) is 4.17. The van der Waals surface area contributed by atoms with Gasteiger partial charge < -0.3 is 4.90 Å². The van der Waals surface area contributed by atoms with E-state index in [0.717, 1.165) is 18.7 Å². The number of hydrogen-bond acceptors (Lipinski definition) is 3. The molecule has 25 heavy (non-hydrogen) atoms. The average molecular weight is 376 g/mol. The number of hydrogen-bond donors (Lipinski definition) is 1. The lowest BCUT2D eigenvalue weighted by Gasteiger charge is -2.28. The minimum Gasteiger partial charge on any atom is -0.372 e. The van der Waals surface area contributed by atoms with Crippen LogP contribution in [0.4, 0.5) is 5.69 Å². The van der Waals surface area contributed by atoms with E-state index in [9.17, 15) is 4.79 Å². The fourth-order valence-electron chi connectivity index (χ4n) is 2.82. The highest BCUT2D eigenvalue weighted by molar-refractivity contribution is 6.36. The van der Waals surface area contributed by atoms with Crippen LogP contribution in [-0.2, 0) is 0 Å². The summed E-state index contributed by atoms with van der Waals surface area (Å²) < 4.78 is 0. The largest absolute Gasteiger partial charge is 0.372 e. The van der Waals surface area contributed by atoms with Crippen molar-refractivity contribution in [3.05, 3.63) is 63.6 Å². The van der Waals surface area contributed by atoms with Crippen molar-refractivity contribution in [3.63, 3.8) is 0 Å². The maximum absolute atomic E-state index is 12.1. The lowest BCUT2D eigenvalue weighted by Crippen LogP contribution is -2.29. The maximum atomic E-state index is 12.1. The van der Waals surface area contributed by atoms with Gasteiger partial charge in [0, 0.05) is 23.8 Å². The van der Waals surface area contributed by atoms with Crippen molar-refractivity contribution in [2.75, 3.05) is 18.0 Å². The fraction of sp³-hybridized carbons (Fsp3) is 0.263. The molecule has 1 amide bonds. The Kier molecular flexibility index (Phi) is 5.95. The molecule has 4 nitrogen and oxygen atoms in total. The molecule has 2 aromatic rings. The number of carbonyl (C=O) groups is 1. The molecule has 130 valence electrons. The van der Waals surface area contributed by atoms with E-state index in [0.29, 0.717) is 15.6 Å². The molecule has 1 saturated heterocycles. The molecule has 0 aromatic heterocycles. The summed E-state index contributed by atoms with van der Waals surface area (Å²) in [5.74, 6) is -0.372. The summed E-state index contributed by atoms with van der Waals surface area (Å²) in [5.41, 5.74) is 4.97. The van der Waals surface area contributed by atoms with Gasteiger partial charge in [0.25, 0.3) is 5.91 Å². The van der Waals surface area contributed by atoms with Gasteiger partial charge in [0.05, 0.1) is 16.8 Å². The first-order chi connectivity index (χ1) is 12.1. The van der Waals surface area contributed by atoms with Gasteiger partial charge in [-0.3, -0.25) is 4.79 Å². The topological polar surface area (TPSA) is 44.7 Å². The standard InChI is InChI=1S/C19H19Cl2N3O/c20-15-6-9-17(18(21)12-15)19(25)23-22-13-14-4-7-16(8-5-14)24-10-2-1-3-11-24/h4-9,12-13H,1-3,10-11H2,(H,23,25). The molecule has 0 unspecified atom stereocenters. The van der Waals surface area contributed by atoms with E-state index in [2.05, 4.69) is 27.6 Å². The number of nitrogens with zero attached hydrogens (tertiary/aromatic N) is 2. The summed E-state index contributed by atoms with van der Waals surface area (Å²) >= 11 is 11.8. The number of hydrazone groups is 1. The van der Waals surface area contributed by atoms with Crippen LogP contribution in [0.1, 0.15) is 35.2 Å². The first-order valence-electron chi connectivity index (χ1n) is 8.27. The molecule has 1 fully saturated rings. The van der Waals surface area contributed by atoms with Gasteiger partial charge in [0.2, 0.25) is 0 Å². The summed E-state index contributed by atoms with van der Waals surface area (Å²) in [5, 5.41) is 4.78. The monoisotopic (exact) mass is 375 g/mol. The number of benzene rings is 2. The Morgan fingerprint density at radius 3 is 2.44 bits per heavy atom. The lowest BCUT2D eigenvalue weighted by molar-refractivity contribution is 0.0955. The van der Waals surface area contributed by atoms with Crippen LogP contribution in [0.3, 0.4) is 0 Å². The Morgan fingerprint density at radius 1 is 1.04 bits per heavy atom. The van der Waals surface area contributed by atoms with Gasteiger partial charge in [0.15, 0.2) is 0 Å². The van der Waals surface area contributed by atoms with Crippen LogP contribution in [0.15, 0.2) is 47.6 Å². The molecule has 0 radical (unpaired) electrons. The normalized spacial score (nSPS) is 14.7. The van der Waals surface area contributed by atoms with Gasteiger partial charge in [-0.15, -0.1) is 0 Å². The average Bonchev–Trinajstić information content (AvgIpc) is 2.63. The van der Waals surface area contributed by atoms with E-state index in [1.807, 2.05) is 12.1 Å². The Hall–Kier alpha value is -2.04. The van der Waals surface area contributed by atoms with Crippen molar-refractivity contribution < 1.29 is 4.79 Å². The first kappa shape index (κ1) is 17.8. The van der Waals surface area contributed by atoms with Crippen molar-refractivity contribution in [1.82, 2.24) is 5.43 Å². The maximum Gasteiger partial charge on any atom is 0.272 e. The molecule has 1 N–H and O–H groups in total. The number of piperidine rings is 1. The number of nitrogens with one attached hydrogen (secondary N) is 1. The Balaban J connectivity index is 1.59. The zero-order valence-corrected chi connectivity index (χ0v) is 15.2. The van der Waals surface area contributed by atoms with Crippen molar-refractivity contribution in [1.29, 1.82) is 0 Å². The minimum absolute atomic E-state index is 0.297. The predicted molar refractivity (Wildman–Crippen MR) is 104 cm³/mol. The van der Waals surface area contributed by atoms with Crippen LogP contribution in [0.5, 0.6) is 0 Å². The smallest absolute Gasteiger partial charge is 0.272 e. The Bertz CT molecular complexity index is 769. The van der Waals surface area contributed by atoms with Crippen molar-refractivity contribution >= 4 is 41.0 Å². The van der Waals surface area contributed by atoms with Crippen LogP contribution < -0.4 is 10.3 Å². The number of carbonyl (C=O) groups excluding carboxylic acids is 1. The van der Waals surface area contributed by atoms with Gasteiger partial charge in [0.1, 0.15) is 0 Å². The molecular formula is C19H19Cl2N3O.